The Hall–Kier alpha value is -1.41. The molecule has 0 radical (unpaired) electrons. The summed E-state index contributed by atoms with van der Waals surface area (Å²) in [6.07, 6.45) is 3.48. The van der Waals surface area contributed by atoms with E-state index in [-0.39, 0.29) is 6.04 Å². The van der Waals surface area contributed by atoms with E-state index in [4.69, 9.17) is 5.73 Å². The molecule has 0 fully saturated rings. The molecule has 2 nitrogen and oxygen atoms in total. The normalized spacial score (nSPS) is 13.1. The van der Waals surface area contributed by atoms with Gasteiger partial charge in [-0.05, 0) is 37.0 Å². The minimum Gasteiger partial charge on any atom is -0.324 e. The van der Waals surface area contributed by atoms with Crippen LogP contribution in [0.15, 0.2) is 30.3 Å². The van der Waals surface area contributed by atoms with Crippen LogP contribution in [-0.4, -0.2) is 4.98 Å². The molecule has 102 valence electrons. The third-order valence-corrected chi connectivity index (χ3v) is 3.57. The van der Waals surface area contributed by atoms with Crippen LogP contribution in [0.3, 0.4) is 0 Å². The Balaban J connectivity index is 2.23. The van der Waals surface area contributed by atoms with E-state index in [1.54, 1.807) is 0 Å². The number of fused-ring (bicyclic) bond motifs is 1. The molecule has 0 aliphatic heterocycles. The van der Waals surface area contributed by atoms with Crippen LogP contribution >= 0.6 is 0 Å². The van der Waals surface area contributed by atoms with Crippen molar-refractivity contribution in [2.75, 3.05) is 0 Å². The van der Waals surface area contributed by atoms with Gasteiger partial charge in [-0.15, -0.1) is 0 Å². The standard InChI is InChI=1S/C17H24N2/c1-12(2)7-6-9-16(18)15-11-13(3)19-17-10-5-4-8-14(15)17/h4-5,8,10-12,16H,6-7,9,18H2,1-3H3. The number of hydrogen-bond donors (Lipinski definition) is 1. The van der Waals surface area contributed by atoms with E-state index in [0.29, 0.717) is 0 Å². The van der Waals surface area contributed by atoms with Crippen LogP contribution in [0.1, 0.15) is 50.4 Å². The lowest BCUT2D eigenvalue weighted by Crippen LogP contribution is -2.12. The van der Waals surface area contributed by atoms with E-state index in [1.165, 1.54) is 23.8 Å². The average Bonchev–Trinajstić information content (AvgIpc) is 2.37. The number of aromatic nitrogens is 1. The number of nitrogens with zero attached hydrogens (tertiary/aromatic N) is 1. The van der Waals surface area contributed by atoms with Crippen molar-refractivity contribution in [3.05, 3.63) is 41.6 Å². The van der Waals surface area contributed by atoms with Crippen LogP contribution in [0.2, 0.25) is 0 Å². The Bertz CT molecular complexity index is 546. The lowest BCUT2D eigenvalue weighted by atomic mass is 9.96. The first kappa shape index (κ1) is 14.0. The number of rotatable bonds is 5. The maximum atomic E-state index is 6.39. The van der Waals surface area contributed by atoms with Crippen molar-refractivity contribution < 1.29 is 0 Å². The third kappa shape index (κ3) is 3.54. The van der Waals surface area contributed by atoms with Crippen molar-refractivity contribution >= 4 is 10.9 Å². The first-order valence-corrected chi connectivity index (χ1v) is 7.20. The Labute approximate surface area is 116 Å². The van der Waals surface area contributed by atoms with Gasteiger partial charge in [0.05, 0.1) is 5.52 Å². The van der Waals surface area contributed by atoms with E-state index < -0.39 is 0 Å². The molecule has 2 heteroatoms. The van der Waals surface area contributed by atoms with Gasteiger partial charge in [0.25, 0.3) is 0 Å². The molecule has 0 bridgehead atoms. The molecule has 0 amide bonds. The molecule has 0 saturated heterocycles. The third-order valence-electron chi connectivity index (χ3n) is 3.57. The highest BCUT2D eigenvalue weighted by atomic mass is 14.7. The summed E-state index contributed by atoms with van der Waals surface area (Å²) in [4.78, 5) is 4.57. The smallest absolute Gasteiger partial charge is 0.0708 e. The maximum Gasteiger partial charge on any atom is 0.0708 e. The zero-order chi connectivity index (χ0) is 13.8. The Morgan fingerprint density at radius 2 is 1.89 bits per heavy atom. The van der Waals surface area contributed by atoms with Gasteiger partial charge < -0.3 is 5.73 Å². The first-order valence-electron chi connectivity index (χ1n) is 7.20. The van der Waals surface area contributed by atoms with Gasteiger partial charge >= 0.3 is 0 Å². The number of benzene rings is 1. The topological polar surface area (TPSA) is 38.9 Å². The summed E-state index contributed by atoms with van der Waals surface area (Å²) in [5.41, 5.74) is 9.73. The maximum absolute atomic E-state index is 6.39. The zero-order valence-electron chi connectivity index (χ0n) is 12.2. The molecule has 2 N–H and O–H groups in total. The molecule has 1 aromatic heterocycles. The molecule has 1 aromatic carbocycles. The van der Waals surface area contributed by atoms with Gasteiger partial charge in [0, 0.05) is 17.1 Å². The lowest BCUT2D eigenvalue weighted by Gasteiger charge is -2.16. The molecule has 19 heavy (non-hydrogen) atoms. The summed E-state index contributed by atoms with van der Waals surface area (Å²) in [5, 5.41) is 1.20. The van der Waals surface area contributed by atoms with Crippen LogP contribution in [0.4, 0.5) is 0 Å². The van der Waals surface area contributed by atoms with E-state index in [9.17, 15) is 0 Å². The second-order valence-corrected chi connectivity index (χ2v) is 5.80. The van der Waals surface area contributed by atoms with Crippen molar-refractivity contribution in [2.24, 2.45) is 11.7 Å². The van der Waals surface area contributed by atoms with Gasteiger partial charge in [0.1, 0.15) is 0 Å². The van der Waals surface area contributed by atoms with Gasteiger partial charge in [0.2, 0.25) is 0 Å². The molecular formula is C17H24N2. The molecule has 0 saturated carbocycles. The number of hydrogen-bond acceptors (Lipinski definition) is 2. The molecule has 0 aliphatic carbocycles. The van der Waals surface area contributed by atoms with E-state index in [2.05, 4.69) is 43.1 Å². The van der Waals surface area contributed by atoms with Crippen molar-refractivity contribution in [1.82, 2.24) is 4.98 Å². The summed E-state index contributed by atoms with van der Waals surface area (Å²) in [6.45, 7) is 6.56. The second-order valence-electron chi connectivity index (χ2n) is 5.80. The predicted octanol–water partition coefficient (Wildman–Crippen LogP) is 4.37. The zero-order valence-corrected chi connectivity index (χ0v) is 12.2. The van der Waals surface area contributed by atoms with Crippen molar-refractivity contribution in [2.45, 2.75) is 46.1 Å². The van der Waals surface area contributed by atoms with Gasteiger partial charge in [-0.2, -0.15) is 0 Å². The highest BCUT2D eigenvalue weighted by Crippen LogP contribution is 2.26. The van der Waals surface area contributed by atoms with Crippen molar-refractivity contribution in [1.29, 1.82) is 0 Å². The van der Waals surface area contributed by atoms with Gasteiger partial charge in [-0.3, -0.25) is 4.98 Å². The van der Waals surface area contributed by atoms with Crippen molar-refractivity contribution in [3.8, 4) is 0 Å². The number of nitrogens with two attached hydrogens (primary N) is 1. The molecule has 1 atom stereocenters. The van der Waals surface area contributed by atoms with Crippen molar-refractivity contribution in [3.63, 3.8) is 0 Å². The fourth-order valence-corrected chi connectivity index (χ4v) is 2.55. The Morgan fingerprint density at radius 1 is 1.16 bits per heavy atom. The summed E-state index contributed by atoms with van der Waals surface area (Å²) in [5.74, 6) is 0.753. The summed E-state index contributed by atoms with van der Waals surface area (Å²) < 4.78 is 0. The van der Waals surface area contributed by atoms with Gasteiger partial charge in [-0.1, -0.05) is 44.9 Å². The molecular weight excluding hydrogens is 232 g/mol. The minimum atomic E-state index is 0.116. The lowest BCUT2D eigenvalue weighted by molar-refractivity contribution is 0.506. The number of pyridine rings is 1. The van der Waals surface area contributed by atoms with Crippen LogP contribution in [0, 0.1) is 12.8 Å². The van der Waals surface area contributed by atoms with Gasteiger partial charge in [-0.25, -0.2) is 0 Å². The first-order chi connectivity index (χ1) is 9.08. The summed E-state index contributed by atoms with van der Waals surface area (Å²) in [7, 11) is 0. The largest absolute Gasteiger partial charge is 0.324 e. The summed E-state index contributed by atoms with van der Waals surface area (Å²) in [6, 6.07) is 10.5. The molecule has 0 spiro atoms. The Morgan fingerprint density at radius 3 is 2.63 bits per heavy atom. The van der Waals surface area contributed by atoms with Crippen LogP contribution in [-0.2, 0) is 0 Å². The number of aryl methyl sites for hydroxylation is 1. The molecule has 2 rings (SSSR count). The SMILES string of the molecule is Cc1cc(C(N)CCCC(C)C)c2ccccc2n1. The molecule has 1 unspecified atom stereocenters. The monoisotopic (exact) mass is 256 g/mol. The van der Waals surface area contributed by atoms with Crippen LogP contribution in [0.5, 0.6) is 0 Å². The van der Waals surface area contributed by atoms with Crippen LogP contribution < -0.4 is 5.73 Å². The highest BCUT2D eigenvalue weighted by Gasteiger charge is 2.11. The average molecular weight is 256 g/mol. The highest BCUT2D eigenvalue weighted by molar-refractivity contribution is 5.82. The molecule has 1 heterocycles. The fraction of sp³-hybridized carbons (Fsp3) is 0.471. The minimum absolute atomic E-state index is 0.116. The quantitative estimate of drug-likeness (QED) is 0.862. The summed E-state index contributed by atoms with van der Waals surface area (Å²) >= 11 is 0. The molecule has 2 aromatic rings. The van der Waals surface area contributed by atoms with E-state index >= 15 is 0 Å². The van der Waals surface area contributed by atoms with Crippen LogP contribution in [0.25, 0.3) is 10.9 Å². The number of para-hydroxylation sites is 1. The Kier molecular flexibility index (Phi) is 4.54. The predicted molar refractivity (Wildman–Crippen MR) is 82.1 cm³/mol. The molecule has 0 aliphatic rings. The second kappa shape index (κ2) is 6.16. The van der Waals surface area contributed by atoms with E-state index in [0.717, 1.165) is 23.5 Å². The van der Waals surface area contributed by atoms with E-state index in [1.807, 2.05) is 13.0 Å². The van der Waals surface area contributed by atoms with Gasteiger partial charge in [0.15, 0.2) is 0 Å². The fourth-order valence-electron chi connectivity index (χ4n) is 2.55.